The van der Waals surface area contributed by atoms with E-state index in [1.165, 1.54) is 16.7 Å². The highest BCUT2D eigenvalue weighted by Crippen LogP contribution is 2.22. The van der Waals surface area contributed by atoms with Crippen molar-refractivity contribution in [2.45, 2.75) is 39.2 Å². The maximum atomic E-state index is 9.75. The Morgan fingerprint density at radius 1 is 1.12 bits per heavy atom. The van der Waals surface area contributed by atoms with Gasteiger partial charge in [-0.2, -0.15) is 0 Å². The van der Waals surface area contributed by atoms with E-state index in [4.69, 9.17) is 5.73 Å². The summed E-state index contributed by atoms with van der Waals surface area (Å²) < 4.78 is 0. The van der Waals surface area contributed by atoms with Crippen LogP contribution in [-0.2, 0) is 0 Å². The lowest BCUT2D eigenvalue weighted by atomic mass is 9.93. The zero-order chi connectivity index (χ0) is 17.5. The van der Waals surface area contributed by atoms with Gasteiger partial charge in [0.1, 0.15) is 0 Å². The highest BCUT2D eigenvalue weighted by Gasteiger charge is 2.14. The highest BCUT2D eigenvalue weighted by molar-refractivity contribution is 5.92. The van der Waals surface area contributed by atoms with Crippen molar-refractivity contribution < 1.29 is 5.11 Å². The minimum Gasteiger partial charge on any atom is -0.393 e. The summed E-state index contributed by atoms with van der Waals surface area (Å²) in [6.45, 7) is 6.49. The first-order chi connectivity index (χ1) is 11.5. The molecule has 2 rings (SSSR count). The molecule has 0 saturated carbocycles. The first kappa shape index (κ1) is 18.0. The molecule has 4 nitrogen and oxygen atoms in total. The fourth-order valence-corrected chi connectivity index (χ4v) is 2.67. The van der Waals surface area contributed by atoms with Crippen molar-refractivity contribution in [3.8, 4) is 0 Å². The number of aliphatic hydroxyl groups is 1. The number of benzene rings is 2. The van der Waals surface area contributed by atoms with Gasteiger partial charge in [0.2, 0.25) is 0 Å². The van der Waals surface area contributed by atoms with Gasteiger partial charge in [0, 0.05) is 18.2 Å². The molecule has 2 unspecified atom stereocenters. The van der Waals surface area contributed by atoms with Gasteiger partial charge >= 0.3 is 0 Å². The summed E-state index contributed by atoms with van der Waals surface area (Å²) in [6, 6.07) is 16.2. The number of nitrogens with two attached hydrogens (primary N) is 1. The molecule has 0 aliphatic heterocycles. The lowest BCUT2D eigenvalue weighted by Crippen LogP contribution is -2.24. The van der Waals surface area contributed by atoms with E-state index in [2.05, 4.69) is 48.4 Å². The Balaban J connectivity index is 2.05. The maximum absolute atomic E-state index is 9.75. The molecule has 4 heteroatoms. The Hall–Kier alpha value is -2.33. The number of rotatable bonds is 6. The van der Waals surface area contributed by atoms with Crippen LogP contribution in [0.5, 0.6) is 0 Å². The lowest BCUT2D eigenvalue weighted by Gasteiger charge is -2.17. The Labute approximate surface area is 144 Å². The monoisotopic (exact) mass is 325 g/mol. The molecular weight excluding hydrogens is 298 g/mol. The Morgan fingerprint density at radius 3 is 2.46 bits per heavy atom. The topological polar surface area (TPSA) is 70.6 Å². The van der Waals surface area contributed by atoms with Crippen molar-refractivity contribution in [1.29, 1.82) is 0 Å². The molecule has 0 radical (unpaired) electrons. The van der Waals surface area contributed by atoms with E-state index >= 15 is 0 Å². The van der Waals surface area contributed by atoms with Gasteiger partial charge in [-0.15, -0.1) is 0 Å². The predicted molar refractivity (Wildman–Crippen MR) is 102 cm³/mol. The quantitative estimate of drug-likeness (QED) is 0.561. The van der Waals surface area contributed by atoms with Crippen molar-refractivity contribution in [1.82, 2.24) is 0 Å². The van der Waals surface area contributed by atoms with E-state index in [0.29, 0.717) is 18.9 Å². The second-order valence-electron chi connectivity index (χ2n) is 6.34. The van der Waals surface area contributed by atoms with Gasteiger partial charge in [0.25, 0.3) is 0 Å². The Morgan fingerprint density at radius 2 is 1.83 bits per heavy atom. The minimum absolute atomic E-state index is 0.145. The van der Waals surface area contributed by atoms with Gasteiger partial charge in [-0.05, 0) is 56.0 Å². The second-order valence-corrected chi connectivity index (χ2v) is 6.34. The summed E-state index contributed by atoms with van der Waals surface area (Å²) in [7, 11) is 0. The lowest BCUT2D eigenvalue weighted by molar-refractivity contribution is 0.175. The zero-order valence-electron chi connectivity index (χ0n) is 14.7. The summed E-state index contributed by atoms with van der Waals surface area (Å²) in [6.07, 6.45) is 0.282. The number of nitrogens with zero attached hydrogens (tertiary/aromatic N) is 1. The summed E-state index contributed by atoms with van der Waals surface area (Å²) >= 11 is 0. The van der Waals surface area contributed by atoms with Crippen molar-refractivity contribution >= 4 is 11.6 Å². The molecule has 2 aromatic rings. The number of hydrogen-bond acceptors (Lipinski definition) is 2. The third-order valence-electron chi connectivity index (χ3n) is 4.16. The van der Waals surface area contributed by atoms with Gasteiger partial charge in [-0.25, -0.2) is 0 Å². The summed E-state index contributed by atoms with van der Waals surface area (Å²) in [4.78, 5) is 4.47. The smallest absolute Gasteiger partial charge is 0.193 e. The van der Waals surface area contributed by atoms with Crippen LogP contribution in [0.4, 0.5) is 5.69 Å². The van der Waals surface area contributed by atoms with Crippen LogP contribution in [0.2, 0.25) is 0 Å². The predicted octanol–water partition coefficient (Wildman–Crippen LogP) is 3.58. The molecule has 0 aliphatic rings. The highest BCUT2D eigenvalue weighted by atomic mass is 16.3. The zero-order valence-corrected chi connectivity index (χ0v) is 14.7. The molecule has 0 amide bonds. The summed E-state index contributed by atoms with van der Waals surface area (Å²) in [5.41, 5.74) is 10.6. The fraction of sp³-hybridized carbons (Fsp3) is 0.350. The molecule has 0 saturated heterocycles. The van der Waals surface area contributed by atoms with Crippen molar-refractivity contribution in [3.63, 3.8) is 0 Å². The van der Waals surface area contributed by atoms with Crippen LogP contribution in [0, 0.1) is 13.8 Å². The average molecular weight is 325 g/mol. The summed E-state index contributed by atoms with van der Waals surface area (Å²) in [5, 5.41) is 12.9. The number of aliphatic imine (C=N–C) groups is 1. The summed E-state index contributed by atoms with van der Waals surface area (Å²) in [5.74, 6) is 0.538. The average Bonchev–Trinajstić information content (AvgIpc) is 2.55. The van der Waals surface area contributed by atoms with E-state index < -0.39 is 0 Å². The number of hydrogen-bond donors (Lipinski definition) is 3. The largest absolute Gasteiger partial charge is 0.393 e. The van der Waals surface area contributed by atoms with Crippen molar-refractivity contribution in [2.24, 2.45) is 10.7 Å². The molecule has 4 N–H and O–H groups in total. The molecule has 24 heavy (non-hydrogen) atoms. The molecule has 2 aromatic carbocycles. The molecule has 0 spiro atoms. The molecule has 0 aliphatic carbocycles. The number of nitrogens with one attached hydrogen (secondary N) is 1. The number of anilines is 1. The van der Waals surface area contributed by atoms with Crippen LogP contribution >= 0.6 is 0 Å². The normalized spacial score (nSPS) is 14.2. The van der Waals surface area contributed by atoms with E-state index in [-0.39, 0.29) is 12.0 Å². The standard InChI is InChI=1S/C20H27N3O/c1-14-9-10-19(11-15(14)2)23-20(21)22-13-18(12-16(3)24)17-7-5-4-6-8-17/h4-11,16,18,24H,12-13H2,1-3H3,(H3,21,22,23). The molecule has 0 bridgehead atoms. The van der Waals surface area contributed by atoms with Crippen LogP contribution < -0.4 is 11.1 Å². The maximum Gasteiger partial charge on any atom is 0.193 e. The van der Waals surface area contributed by atoms with Crippen molar-refractivity contribution in [3.05, 3.63) is 65.2 Å². The van der Waals surface area contributed by atoms with E-state index in [1.54, 1.807) is 6.92 Å². The Bertz CT molecular complexity index is 681. The molecular formula is C20H27N3O. The second kappa shape index (κ2) is 8.50. The van der Waals surface area contributed by atoms with Gasteiger partial charge in [-0.3, -0.25) is 4.99 Å². The molecule has 128 valence electrons. The molecule has 2 atom stereocenters. The third-order valence-corrected chi connectivity index (χ3v) is 4.16. The van der Waals surface area contributed by atoms with Crippen LogP contribution in [-0.4, -0.2) is 23.7 Å². The number of guanidine groups is 1. The first-order valence-electron chi connectivity index (χ1n) is 8.33. The number of aryl methyl sites for hydroxylation is 2. The molecule has 0 heterocycles. The minimum atomic E-state index is -0.376. The molecule has 0 fully saturated rings. The molecule has 0 aromatic heterocycles. The van der Waals surface area contributed by atoms with Gasteiger partial charge in [-0.1, -0.05) is 36.4 Å². The van der Waals surface area contributed by atoms with Crippen LogP contribution in [0.25, 0.3) is 0 Å². The third kappa shape index (κ3) is 5.39. The van der Waals surface area contributed by atoms with E-state index in [9.17, 15) is 5.11 Å². The van der Waals surface area contributed by atoms with Gasteiger partial charge < -0.3 is 16.2 Å². The first-order valence-corrected chi connectivity index (χ1v) is 8.33. The Kier molecular flexibility index (Phi) is 6.38. The van der Waals surface area contributed by atoms with Crippen LogP contribution in [0.3, 0.4) is 0 Å². The van der Waals surface area contributed by atoms with Gasteiger partial charge in [0.05, 0.1) is 6.10 Å². The SMILES string of the molecule is Cc1ccc(NC(N)=NCC(CC(C)O)c2ccccc2)cc1C. The van der Waals surface area contributed by atoms with Crippen LogP contribution in [0.1, 0.15) is 36.0 Å². The number of aliphatic hydroxyl groups excluding tert-OH is 1. The van der Waals surface area contributed by atoms with E-state index in [0.717, 1.165) is 5.69 Å². The van der Waals surface area contributed by atoms with E-state index in [1.807, 2.05) is 24.3 Å². The van der Waals surface area contributed by atoms with Gasteiger partial charge in [0.15, 0.2) is 5.96 Å². The fourth-order valence-electron chi connectivity index (χ4n) is 2.67. The van der Waals surface area contributed by atoms with Crippen LogP contribution in [0.15, 0.2) is 53.5 Å². The van der Waals surface area contributed by atoms with Crippen molar-refractivity contribution in [2.75, 3.05) is 11.9 Å².